The molecule has 184 valence electrons. The Kier molecular flexibility index (Phi) is 4.77. The molecule has 0 aliphatic heterocycles. The lowest BCUT2D eigenvalue weighted by Crippen LogP contribution is -1.93. The van der Waals surface area contributed by atoms with Gasteiger partial charge in [-0.1, -0.05) is 90.5 Å². The van der Waals surface area contributed by atoms with E-state index in [-0.39, 0.29) is 0 Å². The fraction of sp³-hybridized carbons (Fsp3) is 0.0270. The lowest BCUT2D eigenvalue weighted by Gasteiger charge is -2.09. The minimum Gasteiger partial charge on any atom is -0.456 e. The molecule has 0 aliphatic carbocycles. The van der Waals surface area contributed by atoms with Crippen molar-refractivity contribution in [3.63, 3.8) is 0 Å². The number of aryl methyl sites for hydroxylation is 1. The third kappa shape index (κ3) is 3.49. The molecule has 0 unspecified atom stereocenters. The molecule has 8 rings (SSSR count). The van der Waals surface area contributed by atoms with Gasteiger partial charge in [0.05, 0.1) is 11.0 Å². The van der Waals surface area contributed by atoms with Gasteiger partial charge < -0.3 is 8.98 Å². The number of benzene rings is 6. The zero-order valence-electron chi connectivity index (χ0n) is 21.6. The van der Waals surface area contributed by atoms with Gasteiger partial charge in [0, 0.05) is 27.2 Å². The van der Waals surface area contributed by atoms with E-state index >= 15 is 0 Å². The standard InChI is InChI=1S/C37H25NO/c1-24-13-15-25(16-14-24)26-7-6-8-27(21-26)28-17-19-35-32(22-28)30-9-2-4-11-34(30)38(35)29-18-20-37-33(23-29)31-10-3-5-12-36(31)39-37/h2-23H,1H3. The van der Waals surface area contributed by atoms with Gasteiger partial charge in [0.1, 0.15) is 11.2 Å². The van der Waals surface area contributed by atoms with E-state index in [1.807, 2.05) is 12.1 Å². The van der Waals surface area contributed by atoms with Crippen molar-refractivity contribution in [3.8, 4) is 27.9 Å². The first-order chi connectivity index (χ1) is 19.2. The van der Waals surface area contributed by atoms with Crippen molar-refractivity contribution < 1.29 is 4.42 Å². The zero-order valence-corrected chi connectivity index (χ0v) is 21.6. The van der Waals surface area contributed by atoms with Crippen LogP contribution in [0.25, 0.3) is 71.7 Å². The van der Waals surface area contributed by atoms with Crippen LogP contribution in [0, 0.1) is 6.92 Å². The topological polar surface area (TPSA) is 18.1 Å². The maximum atomic E-state index is 6.10. The Morgan fingerprint density at radius 1 is 0.436 bits per heavy atom. The van der Waals surface area contributed by atoms with Crippen LogP contribution in [0.4, 0.5) is 0 Å². The highest BCUT2D eigenvalue weighted by molar-refractivity contribution is 6.11. The van der Waals surface area contributed by atoms with Gasteiger partial charge in [0.25, 0.3) is 0 Å². The fourth-order valence-electron chi connectivity index (χ4n) is 5.91. The van der Waals surface area contributed by atoms with Crippen molar-refractivity contribution in [3.05, 3.63) is 139 Å². The van der Waals surface area contributed by atoms with Crippen molar-refractivity contribution in [2.24, 2.45) is 0 Å². The zero-order chi connectivity index (χ0) is 25.9. The Morgan fingerprint density at radius 3 is 1.97 bits per heavy atom. The minimum absolute atomic E-state index is 0.913. The van der Waals surface area contributed by atoms with Gasteiger partial charge in [-0.3, -0.25) is 0 Å². The second kappa shape index (κ2) is 8.47. The maximum Gasteiger partial charge on any atom is 0.135 e. The Morgan fingerprint density at radius 2 is 1.10 bits per heavy atom. The molecule has 0 saturated carbocycles. The van der Waals surface area contributed by atoms with E-state index in [4.69, 9.17) is 4.42 Å². The van der Waals surface area contributed by atoms with Crippen molar-refractivity contribution in [2.45, 2.75) is 6.92 Å². The molecule has 0 spiro atoms. The number of furan rings is 1. The molecule has 0 amide bonds. The molecule has 0 atom stereocenters. The minimum atomic E-state index is 0.913. The summed E-state index contributed by atoms with van der Waals surface area (Å²) in [5.41, 5.74) is 11.5. The Bertz CT molecular complexity index is 2180. The maximum absolute atomic E-state index is 6.10. The first-order valence-electron chi connectivity index (χ1n) is 13.4. The molecule has 8 aromatic rings. The molecule has 2 nitrogen and oxygen atoms in total. The SMILES string of the molecule is Cc1ccc(-c2cccc(-c3ccc4c(c3)c3ccccc3n4-c3ccc4oc5ccccc5c4c3)c2)cc1. The average molecular weight is 500 g/mol. The number of aromatic nitrogens is 1. The van der Waals surface area contributed by atoms with Crippen LogP contribution < -0.4 is 0 Å². The monoisotopic (exact) mass is 499 g/mol. The number of fused-ring (bicyclic) bond motifs is 6. The highest BCUT2D eigenvalue weighted by Gasteiger charge is 2.15. The van der Waals surface area contributed by atoms with Crippen LogP contribution >= 0.6 is 0 Å². The van der Waals surface area contributed by atoms with Gasteiger partial charge in [0.2, 0.25) is 0 Å². The van der Waals surface area contributed by atoms with E-state index in [0.29, 0.717) is 0 Å². The average Bonchev–Trinajstić information content (AvgIpc) is 3.52. The van der Waals surface area contributed by atoms with Crippen LogP contribution in [-0.2, 0) is 0 Å². The summed E-state index contributed by atoms with van der Waals surface area (Å²) < 4.78 is 8.48. The Labute approximate surface area is 226 Å². The lowest BCUT2D eigenvalue weighted by molar-refractivity contribution is 0.669. The smallest absolute Gasteiger partial charge is 0.135 e. The van der Waals surface area contributed by atoms with Gasteiger partial charge in [-0.2, -0.15) is 0 Å². The number of hydrogen-bond donors (Lipinski definition) is 0. The van der Waals surface area contributed by atoms with Crippen molar-refractivity contribution in [1.82, 2.24) is 4.57 Å². The molecule has 0 fully saturated rings. The molecule has 6 aromatic carbocycles. The Hall–Kier alpha value is -5.08. The third-order valence-corrected chi connectivity index (χ3v) is 7.87. The van der Waals surface area contributed by atoms with E-state index in [1.165, 1.54) is 49.6 Å². The molecular weight excluding hydrogens is 474 g/mol. The van der Waals surface area contributed by atoms with Gasteiger partial charge in [0.15, 0.2) is 0 Å². The van der Waals surface area contributed by atoms with Crippen LogP contribution in [0.15, 0.2) is 138 Å². The summed E-state index contributed by atoms with van der Waals surface area (Å²) in [7, 11) is 0. The molecule has 2 aromatic heterocycles. The summed E-state index contributed by atoms with van der Waals surface area (Å²) in [6.45, 7) is 2.13. The molecule has 2 heterocycles. The van der Waals surface area contributed by atoms with Crippen molar-refractivity contribution >= 4 is 43.7 Å². The molecule has 2 heteroatoms. The highest BCUT2D eigenvalue weighted by Crippen LogP contribution is 2.37. The molecular formula is C37H25NO. The van der Waals surface area contributed by atoms with E-state index in [9.17, 15) is 0 Å². The van der Waals surface area contributed by atoms with Crippen molar-refractivity contribution in [1.29, 1.82) is 0 Å². The van der Waals surface area contributed by atoms with E-state index < -0.39 is 0 Å². The molecule has 39 heavy (non-hydrogen) atoms. The van der Waals surface area contributed by atoms with Crippen LogP contribution in [-0.4, -0.2) is 4.57 Å². The van der Waals surface area contributed by atoms with Crippen LogP contribution in [0.5, 0.6) is 0 Å². The predicted molar refractivity (Wildman–Crippen MR) is 164 cm³/mol. The summed E-state index contributed by atoms with van der Waals surface area (Å²) in [6, 6.07) is 47.9. The molecule has 0 saturated heterocycles. The van der Waals surface area contributed by atoms with E-state index in [1.54, 1.807) is 0 Å². The summed E-state index contributed by atoms with van der Waals surface area (Å²) >= 11 is 0. The fourth-order valence-corrected chi connectivity index (χ4v) is 5.91. The normalized spacial score (nSPS) is 11.7. The number of nitrogens with zero attached hydrogens (tertiary/aromatic N) is 1. The second-order valence-corrected chi connectivity index (χ2v) is 10.3. The van der Waals surface area contributed by atoms with Crippen LogP contribution in [0.3, 0.4) is 0 Å². The Balaban J connectivity index is 1.31. The van der Waals surface area contributed by atoms with Gasteiger partial charge in [-0.15, -0.1) is 0 Å². The van der Waals surface area contributed by atoms with E-state index in [2.05, 4.69) is 133 Å². The van der Waals surface area contributed by atoms with Gasteiger partial charge in [-0.25, -0.2) is 0 Å². The summed E-state index contributed by atoms with van der Waals surface area (Å²) in [4.78, 5) is 0. The summed E-state index contributed by atoms with van der Waals surface area (Å²) in [5, 5.41) is 4.78. The summed E-state index contributed by atoms with van der Waals surface area (Å²) in [5.74, 6) is 0. The van der Waals surface area contributed by atoms with Gasteiger partial charge >= 0.3 is 0 Å². The largest absolute Gasteiger partial charge is 0.456 e. The highest BCUT2D eigenvalue weighted by atomic mass is 16.3. The lowest BCUT2D eigenvalue weighted by atomic mass is 9.97. The van der Waals surface area contributed by atoms with Crippen molar-refractivity contribution in [2.75, 3.05) is 0 Å². The predicted octanol–water partition coefficient (Wildman–Crippen LogP) is 10.3. The molecule has 0 bridgehead atoms. The molecule has 0 N–H and O–H groups in total. The van der Waals surface area contributed by atoms with Crippen LogP contribution in [0.2, 0.25) is 0 Å². The number of hydrogen-bond acceptors (Lipinski definition) is 1. The first-order valence-corrected chi connectivity index (χ1v) is 13.4. The quantitative estimate of drug-likeness (QED) is 0.236. The first kappa shape index (κ1) is 22.0. The number of rotatable bonds is 3. The third-order valence-electron chi connectivity index (χ3n) is 7.87. The van der Waals surface area contributed by atoms with Crippen LogP contribution in [0.1, 0.15) is 5.56 Å². The van der Waals surface area contributed by atoms with Gasteiger partial charge in [-0.05, 0) is 77.7 Å². The molecule has 0 radical (unpaired) electrons. The second-order valence-electron chi connectivity index (χ2n) is 10.3. The van der Waals surface area contributed by atoms with E-state index in [0.717, 1.165) is 27.6 Å². The summed E-state index contributed by atoms with van der Waals surface area (Å²) in [6.07, 6.45) is 0. The number of para-hydroxylation sites is 2. The molecule has 0 aliphatic rings.